The molecule has 0 radical (unpaired) electrons. The van der Waals surface area contributed by atoms with Crippen LogP contribution in [-0.2, 0) is 0 Å². The highest BCUT2D eigenvalue weighted by Gasteiger charge is 1.95. The van der Waals surface area contributed by atoms with Gasteiger partial charge in [-0.15, -0.1) is 0 Å². The van der Waals surface area contributed by atoms with Gasteiger partial charge in [-0.25, -0.2) is 0 Å². The van der Waals surface area contributed by atoms with Gasteiger partial charge in [0.1, 0.15) is 0 Å². The lowest BCUT2D eigenvalue weighted by molar-refractivity contribution is 0.282. The van der Waals surface area contributed by atoms with Gasteiger partial charge in [-0.2, -0.15) is 0 Å². The van der Waals surface area contributed by atoms with Crippen molar-refractivity contribution in [3.8, 4) is 0 Å². The van der Waals surface area contributed by atoms with E-state index in [4.69, 9.17) is 5.11 Å². The van der Waals surface area contributed by atoms with Crippen molar-refractivity contribution in [2.75, 3.05) is 6.61 Å². The first kappa shape index (κ1) is 38.1. The van der Waals surface area contributed by atoms with E-state index < -0.39 is 0 Å². The molecule has 0 aliphatic carbocycles. The van der Waals surface area contributed by atoms with Crippen LogP contribution in [0.5, 0.6) is 0 Å². The van der Waals surface area contributed by atoms with Crippen LogP contribution in [0.2, 0.25) is 0 Å². The molecule has 0 aromatic carbocycles. The van der Waals surface area contributed by atoms with Crippen molar-refractivity contribution in [1.82, 2.24) is 0 Å². The first-order chi connectivity index (χ1) is 17.8. The summed E-state index contributed by atoms with van der Waals surface area (Å²) in [4.78, 5) is 0. The minimum Gasteiger partial charge on any atom is -0.396 e. The highest BCUT2D eigenvalue weighted by Crippen LogP contribution is 2.14. The maximum Gasteiger partial charge on any atom is 0.0431 e. The Labute approximate surface area is 231 Å². The van der Waals surface area contributed by atoms with Crippen LogP contribution in [0.4, 0.5) is 0 Å². The summed E-state index contributed by atoms with van der Waals surface area (Å²) < 4.78 is 0. The quantitative estimate of drug-likeness (QED) is 0.0952. The van der Waals surface area contributed by atoms with Crippen molar-refractivity contribution in [1.29, 1.82) is 0 Å². The first-order valence-electron chi connectivity index (χ1n) is 17.4. The second-order valence-electron chi connectivity index (χ2n) is 11.6. The van der Waals surface area contributed by atoms with Crippen LogP contribution in [0.1, 0.15) is 220 Å². The lowest BCUT2D eigenvalue weighted by atomic mass is 10.0. The van der Waals surface area contributed by atoms with E-state index in [0.717, 1.165) is 6.42 Å². The lowest BCUT2D eigenvalue weighted by Gasteiger charge is -2.03. The topological polar surface area (TPSA) is 20.2 Å². The van der Waals surface area contributed by atoms with Gasteiger partial charge in [-0.3, -0.25) is 0 Å². The van der Waals surface area contributed by atoms with Crippen molar-refractivity contribution < 1.29 is 5.11 Å². The molecule has 36 heavy (non-hydrogen) atoms. The van der Waals surface area contributed by atoms with E-state index in [0.29, 0.717) is 6.61 Å². The average Bonchev–Trinajstić information content (AvgIpc) is 2.89. The Morgan fingerprint density at radius 3 is 0.500 bits per heavy atom. The third-order valence-corrected chi connectivity index (χ3v) is 7.72. The summed E-state index contributed by atoms with van der Waals surface area (Å²) in [5.74, 6) is 0. The van der Waals surface area contributed by atoms with Crippen LogP contribution in [0, 0.1) is 0 Å². The smallest absolute Gasteiger partial charge is 0.0431 e. The summed E-state index contributed by atoms with van der Waals surface area (Å²) >= 11 is 0. The molecule has 0 rings (SSSR count). The molecule has 0 aliphatic rings. The molecule has 0 saturated carbocycles. The molecule has 0 unspecified atom stereocenters. The normalized spacial score (nSPS) is 11.0. The van der Waals surface area contributed by atoms with Gasteiger partial charge in [-0.05, 0) is 6.42 Å². The summed E-state index contributed by atoms with van der Waals surface area (Å²) in [5.41, 5.74) is 0. The Kier molecular flexibility index (Phi) is 41.8. The zero-order valence-electron chi connectivity index (χ0n) is 26.1. The molecule has 1 N–H and O–H groups in total. The monoisotopic (exact) mass is 511 g/mol. The van der Waals surface area contributed by atoms with Gasteiger partial charge < -0.3 is 5.11 Å². The highest BCUT2D eigenvalue weighted by atomic mass is 16.2. The molecular weight excluding hydrogens is 436 g/mol. The largest absolute Gasteiger partial charge is 0.396 e. The van der Waals surface area contributed by atoms with E-state index in [2.05, 4.69) is 20.8 Å². The summed E-state index contributed by atoms with van der Waals surface area (Å²) in [7, 11) is 0. The van der Waals surface area contributed by atoms with Crippen LogP contribution in [0.25, 0.3) is 0 Å². The molecule has 0 heterocycles. The fourth-order valence-corrected chi connectivity index (χ4v) is 5.10. The second-order valence-corrected chi connectivity index (χ2v) is 11.6. The summed E-state index contributed by atoms with van der Waals surface area (Å²) in [6, 6.07) is 0. The van der Waals surface area contributed by atoms with Gasteiger partial charge in [0.15, 0.2) is 0 Å². The van der Waals surface area contributed by atoms with Crippen LogP contribution >= 0.6 is 0 Å². The Bertz CT molecular complexity index is 297. The molecule has 220 valence electrons. The molecule has 0 aromatic rings. The highest BCUT2D eigenvalue weighted by molar-refractivity contribution is 4.50. The predicted octanol–water partition coefficient (Wildman–Crippen LogP) is 13.1. The molecule has 0 aliphatic heterocycles. The maximum atomic E-state index is 8.67. The van der Waals surface area contributed by atoms with E-state index in [1.54, 1.807) is 0 Å². The standard InChI is InChI=1S/C18H38O.C17H36/c1-2-3-4-5-6-7-8-9-10-11-12-13-14-15-16-17-18-19;1-3-5-7-9-11-13-15-17-16-14-12-10-8-6-4-2/h19H,2-18H2,1H3;3-17H2,1-2H3. The molecule has 0 saturated heterocycles. The second kappa shape index (κ2) is 39.5. The summed E-state index contributed by atoms with van der Waals surface area (Å²) in [6.07, 6.45) is 44.1. The Balaban J connectivity index is 0. The van der Waals surface area contributed by atoms with Crippen LogP contribution in [-0.4, -0.2) is 11.7 Å². The Morgan fingerprint density at radius 1 is 0.222 bits per heavy atom. The van der Waals surface area contributed by atoms with Crippen molar-refractivity contribution in [2.45, 2.75) is 220 Å². The van der Waals surface area contributed by atoms with Gasteiger partial charge in [-0.1, -0.05) is 213 Å². The van der Waals surface area contributed by atoms with E-state index in [9.17, 15) is 0 Å². The fraction of sp³-hybridized carbons (Fsp3) is 1.00. The number of unbranched alkanes of at least 4 members (excludes halogenated alkanes) is 29. The van der Waals surface area contributed by atoms with Gasteiger partial charge in [0.05, 0.1) is 0 Å². The molecule has 0 fully saturated rings. The van der Waals surface area contributed by atoms with Gasteiger partial charge >= 0.3 is 0 Å². The number of hydrogen-bond acceptors (Lipinski definition) is 1. The molecule has 0 bridgehead atoms. The van der Waals surface area contributed by atoms with E-state index >= 15 is 0 Å². The molecule has 0 amide bonds. The molecule has 0 aromatic heterocycles. The minimum atomic E-state index is 0.373. The third-order valence-electron chi connectivity index (χ3n) is 7.72. The Hall–Kier alpha value is -0.0400. The van der Waals surface area contributed by atoms with E-state index in [-0.39, 0.29) is 0 Å². The lowest BCUT2D eigenvalue weighted by Crippen LogP contribution is -1.85. The van der Waals surface area contributed by atoms with Crippen molar-refractivity contribution in [2.24, 2.45) is 0 Å². The number of aliphatic hydroxyl groups excluding tert-OH is 1. The predicted molar refractivity (Wildman–Crippen MR) is 167 cm³/mol. The van der Waals surface area contributed by atoms with Crippen molar-refractivity contribution in [3.05, 3.63) is 0 Å². The summed E-state index contributed by atoms with van der Waals surface area (Å²) in [5, 5.41) is 8.67. The van der Waals surface area contributed by atoms with Crippen molar-refractivity contribution >= 4 is 0 Å². The minimum absolute atomic E-state index is 0.373. The first-order valence-corrected chi connectivity index (χ1v) is 17.4. The van der Waals surface area contributed by atoms with E-state index in [1.165, 1.54) is 193 Å². The van der Waals surface area contributed by atoms with Gasteiger partial charge in [0.2, 0.25) is 0 Å². The average molecular weight is 511 g/mol. The molecule has 1 nitrogen and oxygen atoms in total. The van der Waals surface area contributed by atoms with Gasteiger partial charge in [0, 0.05) is 6.61 Å². The van der Waals surface area contributed by atoms with Gasteiger partial charge in [0.25, 0.3) is 0 Å². The zero-order chi connectivity index (χ0) is 26.6. The number of hydrogen-bond donors (Lipinski definition) is 1. The van der Waals surface area contributed by atoms with Crippen LogP contribution in [0.15, 0.2) is 0 Å². The number of rotatable bonds is 30. The third kappa shape index (κ3) is 41.1. The Morgan fingerprint density at radius 2 is 0.361 bits per heavy atom. The van der Waals surface area contributed by atoms with E-state index in [1.807, 2.05) is 0 Å². The fourth-order valence-electron chi connectivity index (χ4n) is 5.10. The summed E-state index contributed by atoms with van der Waals surface area (Å²) in [6.45, 7) is 7.24. The molecular formula is C35H74O. The molecule has 1 heteroatoms. The number of aliphatic hydroxyl groups is 1. The molecule has 0 atom stereocenters. The zero-order valence-corrected chi connectivity index (χ0v) is 26.1. The molecule has 0 spiro atoms. The maximum absolute atomic E-state index is 8.67. The van der Waals surface area contributed by atoms with Crippen molar-refractivity contribution in [3.63, 3.8) is 0 Å². The van der Waals surface area contributed by atoms with Crippen LogP contribution in [0.3, 0.4) is 0 Å². The van der Waals surface area contributed by atoms with Crippen LogP contribution < -0.4 is 0 Å². The SMILES string of the molecule is CCCCCCCCCCCCCCCCC.CCCCCCCCCCCCCCCCCCO.